The van der Waals surface area contributed by atoms with Crippen molar-refractivity contribution in [3.8, 4) is 0 Å². The van der Waals surface area contributed by atoms with Crippen LogP contribution in [0.15, 0.2) is 0 Å². The molecule has 1 fully saturated rings. The lowest BCUT2D eigenvalue weighted by Crippen LogP contribution is -2.57. The Labute approximate surface area is 78.8 Å². The van der Waals surface area contributed by atoms with Crippen LogP contribution in [0.4, 0.5) is 0 Å². The van der Waals surface area contributed by atoms with Gasteiger partial charge in [0, 0.05) is 14.2 Å². The molecule has 78 valence electrons. The zero-order chi connectivity index (χ0) is 10.0. The van der Waals surface area contributed by atoms with Crippen molar-refractivity contribution in [2.24, 2.45) is 0 Å². The lowest BCUT2D eigenvalue weighted by Gasteiger charge is -2.41. The molecule has 0 aromatic carbocycles. The second-order valence-corrected chi connectivity index (χ2v) is 3.44. The number of hydrogen-bond donors (Lipinski definition) is 1. The van der Waals surface area contributed by atoms with E-state index >= 15 is 0 Å². The van der Waals surface area contributed by atoms with Crippen LogP contribution in [0, 0.1) is 0 Å². The molecule has 0 bridgehead atoms. The van der Waals surface area contributed by atoms with Crippen LogP contribution in [0.2, 0.25) is 0 Å². The van der Waals surface area contributed by atoms with Gasteiger partial charge in [0.05, 0.1) is 12.2 Å². The first-order valence-electron chi connectivity index (χ1n) is 4.51. The van der Waals surface area contributed by atoms with Gasteiger partial charge in [-0.2, -0.15) is 0 Å². The van der Waals surface area contributed by atoms with Crippen molar-refractivity contribution in [3.05, 3.63) is 0 Å². The molecule has 1 aliphatic heterocycles. The number of methoxy groups -OCH3 is 2. The topological polar surface area (TPSA) is 47.9 Å². The first kappa shape index (κ1) is 10.9. The Kier molecular flexibility index (Phi) is 3.67. The van der Waals surface area contributed by atoms with Crippen LogP contribution in [-0.4, -0.2) is 49.8 Å². The SMILES string of the molecule is CO[C@@H]1C(O)[C@@H](OC)[C@H](C)O[C@H]1C. The first-order valence-corrected chi connectivity index (χ1v) is 4.51. The van der Waals surface area contributed by atoms with Crippen LogP contribution in [0.5, 0.6) is 0 Å². The third-order valence-electron chi connectivity index (χ3n) is 2.57. The molecule has 4 atom stereocenters. The fourth-order valence-electron chi connectivity index (χ4n) is 1.90. The van der Waals surface area contributed by atoms with Crippen LogP contribution in [0.25, 0.3) is 0 Å². The fraction of sp³-hybridized carbons (Fsp3) is 1.00. The highest BCUT2D eigenvalue weighted by Crippen LogP contribution is 2.24. The molecule has 0 amide bonds. The summed E-state index contributed by atoms with van der Waals surface area (Å²) in [6.07, 6.45) is -1.42. The standard InChI is InChI=1S/C9H18O4/c1-5-8(11-3)7(10)9(12-4)6(2)13-5/h5-10H,1-4H3/t5-,6-,8-,9-/m0/s1. The maximum Gasteiger partial charge on any atom is 0.111 e. The fourth-order valence-corrected chi connectivity index (χ4v) is 1.90. The molecule has 0 spiro atoms. The molecule has 4 nitrogen and oxygen atoms in total. The first-order chi connectivity index (χ1) is 6.11. The molecule has 0 saturated carbocycles. The van der Waals surface area contributed by atoms with Crippen molar-refractivity contribution >= 4 is 0 Å². The molecular formula is C9H18O4. The van der Waals surface area contributed by atoms with Gasteiger partial charge in [0.2, 0.25) is 0 Å². The molecule has 4 heteroatoms. The molecule has 1 saturated heterocycles. The normalized spacial score (nSPS) is 46.4. The summed E-state index contributed by atoms with van der Waals surface area (Å²) in [7, 11) is 3.13. The molecule has 0 aliphatic carbocycles. The molecule has 0 radical (unpaired) electrons. The van der Waals surface area contributed by atoms with E-state index in [4.69, 9.17) is 14.2 Å². The highest BCUT2D eigenvalue weighted by Gasteiger charge is 2.41. The molecular weight excluding hydrogens is 172 g/mol. The van der Waals surface area contributed by atoms with Crippen molar-refractivity contribution in [2.75, 3.05) is 14.2 Å². The minimum atomic E-state index is -0.617. The van der Waals surface area contributed by atoms with Crippen molar-refractivity contribution in [1.82, 2.24) is 0 Å². The largest absolute Gasteiger partial charge is 0.387 e. The summed E-state index contributed by atoms with van der Waals surface area (Å²) < 4.78 is 15.8. The van der Waals surface area contributed by atoms with Crippen LogP contribution >= 0.6 is 0 Å². The predicted molar refractivity (Wildman–Crippen MR) is 47.6 cm³/mol. The zero-order valence-electron chi connectivity index (χ0n) is 8.56. The summed E-state index contributed by atoms with van der Waals surface area (Å²) in [4.78, 5) is 0. The van der Waals surface area contributed by atoms with Crippen molar-refractivity contribution in [2.45, 2.75) is 44.4 Å². The average molecular weight is 190 g/mol. The van der Waals surface area contributed by atoms with Crippen molar-refractivity contribution in [3.63, 3.8) is 0 Å². The third kappa shape index (κ3) is 2.02. The number of rotatable bonds is 2. The van der Waals surface area contributed by atoms with Gasteiger partial charge in [-0.15, -0.1) is 0 Å². The summed E-state index contributed by atoms with van der Waals surface area (Å²) in [6, 6.07) is 0. The quantitative estimate of drug-likeness (QED) is 0.675. The molecule has 0 unspecified atom stereocenters. The Morgan fingerprint density at radius 2 is 1.38 bits per heavy atom. The second kappa shape index (κ2) is 4.37. The molecule has 1 rings (SSSR count). The minimum Gasteiger partial charge on any atom is -0.387 e. The van der Waals surface area contributed by atoms with E-state index in [1.165, 1.54) is 0 Å². The van der Waals surface area contributed by atoms with Crippen LogP contribution in [-0.2, 0) is 14.2 Å². The number of aliphatic hydroxyl groups is 1. The van der Waals surface area contributed by atoms with E-state index in [-0.39, 0.29) is 24.4 Å². The van der Waals surface area contributed by atoms with E-state index in [1.54, 1.807) is 14.2 Å². The summed E-state index contributed by atoms with van der Waals surface area (Å²) >= 11 is 0. The van der Waals surface area contributed by atoms with Gasteiger partial charge in [0.15, 0.2) is 0 Å². The molecule has 13 heavy (non-hydrogen) atoms. The summed E-state index contributed by atoms with van der Waals surface area (Å²) in [6.45, 7) is 3.78. The highest BCUT2D eigenvalue weighted by molar-refractivity contribution is 4.90. The molecule has 1 N–H and O–H groups in total. The smallest absolute Gasteiger partial charge is 0.111 e. The Balaban J connectivity index is 2.69. The Hall–Kier alpha value is -0.160. The van der Waals surface area contributed by atoms with Gasteiger partial charge in [0.1, 0.15) is 18.3 Å². The Morgan fingerprint density at radius 3 is 1.69 bits per heavy atom. The van der Waals surface area contributed by atoms with Crippen molar-refractivity contribution < 1.29 is 19.3 Å². The van der Waals surface area contributed by atoms with E-state index < -0.39 is 6.10 Å². The van der Waals surface area contributed by atoms with Gasteiger partial charge in [0.25, 0.3) is 0 Å². The van der Waals surface area contributed by atoms with E-state index in [1.807, 2.05) is 13.8 Å². The van der Waals surface area contributed by atoms with Gasteiger partial charge < -0.3 is 19.3 Å². The maximum atomic E-state index is 9.84. The van der Waals surface area contributed by atoms with Crippen LogP contribution in [0.1, 0.15) is 13.8 Å². The molecule has 0 aromatic heterocycles. The van der Waals surface area contributed by atoms with Gasteiger partial charge in [-0.3, -0.25) is 0 Å². The summed E-state index contributed by atoms with van der Waals surface area (Å²) in [5, 5.41) is 9.84. The van der Waals surface area contributed by atoms with E-state index in [0.29, 0.717) is 0 Å². The summed E-state index contributed by atoms with van der Waals surface area (Å²) in [5.41, 5.74) is 0. The van der Waals surface area contributed by atoms with E-state index in [2.05, 4.69) is 0 Å². The second-order valence-electron chi connectivity index (χ2n) is 3.44. The third-order valence-corrected chi connectivity index (χ3v) is 2.57. The van der Waals surface area contributed by atoms with Crippen LogP contribution in [0.3, 0.4) is 0 Å². The number of hydrogen-bond acceptors (Lipinski definition) is 4. The average Bonchev–Trinajstić information content (AvgIpc) is 2.04. The number of ether oxygens (including phenoxy) is 3. The molecule has 0 aromatic rings. The van der Waals surface area contributed by atoms with Gasteiger partial charge in [-0.05, 0) is 13.8 Å². The van der Waals surface area contributed by atoms with Crippen molar-refractivity contribution in [1.29, 1.82) is 0 Å². The van der Waals surface area contributed by atoms with E-state index in [0.717, 1.165) is 0 Å². The number of aliphatic hydroxyl groups excluding tert-OH is 1. The minimum absolute atomic E-state index is 0.0959. The van der Waals surface area contributed by atoms with Crippen LogP contribution < -0.4 is 0 Å². The molecule has 1 aliphatic rings. The Bertz CT molecular complexity index is 146. The van der Waals surface area contributed by atoms with Gasteiger partial charge in [-0.25, -0.2) is 0 Å². The monoisotopic (exact) mass is 190 g/mol. The highest BCUT2D eigenvalue weighted by atomic mass is 16.6. The predicted octanol–water partition coefficient (Wildman–Crippen LogP) is 0.185. The Morgan fingerprint density at radius 1 is 1.00 bits per heavy atom. The van der Waals surface area contributed by atoms with Gasteiger partial charge in [-0.1, -0.05) is 0 Å². The zero-order valence-corrected chi connectivity index (χ0v) is 8.56. The summed E-state index contributed by atoms with van der Waals surface area (Å²) in [5.74, 6) is 0. The van der Waals surface area contributed by atoms with Gasteiger partial charge >= 0.3 is 0 Å². The lowest BCUT2D eigenvalue weighted by atomic mass is 9.96. The maximum absolute atomic E-state index is 9.84. The lowest BCUT2D eigenvalue weighted by molar-refractivity contribution is -0.226. The van der Waals surface area contributed by atoms with E-state index in [9.17, 15) is 5.11 Å². The molecule has 1 heterocycles.